The standard InChI is InChI=1S/C13H16ClN3O3/c1-19-11-6-9(7-17-4-2-3-15)5-10(14)13(11)20-8-12(16)18/h5-6,17H,2,4,7-8H2,1H3,(H2,16,18). The van der Waals surface area contributed by atoms with Crippen LogP contribution in [0.25, 0.3) is 0 Å². The van der Waals surface area contributed by atoms with E-state index in [1.54, 1.807) is 12.1 Å². The van der Waals surface area contributed by atoms with Crippen LogP contribution < -0.4 is 20.5 Å². The second-order valence-corrected chi connectivity index (χ2v) is 4.36. The molecule has 0 aliphatic heterocycles. The minimum absolute atomic E-state index is 0.268. The number of nitrogens with one attached hydrogen (secondary N) is 1. The number of hydrogen-bond donors (Lipinski definition) is 2. The van der Waals surface area contributed by atoms with Gasteiger partial charge < -0.3 is 20.5 Å². The van der Waals surface area contributed by atoms with Gasteiger partial charge in [-0.1, -0.05) is 11.6 Å². The number of hydrogen-bond acceptors (Lipinski definition) is 5. The van der Waals surface area contributed by atoms with Crippen LogP contribution in [-0.4, -0.2) is 26.2 Å². The Balaban J connectivity index is 2.78. The van der Waals surface area contributed by atoms with E-state index in [4.69, 9.17) is 32.1 Å². The maximum absolute atomic E-state index is 10.7. The molecular formula is C13H16ClN3O3. The lowest BCUT2D eigenvalue weighted by Crippen LogP contribution is -2.20. The van der Waals surface area contributed by atoms with Gasteiger partial charge in [0.15, 0.2) is 18.1 Å². The molecule has 0 radical (unpaired) electrons. The molecule has 6 nitrogen and oxygen atoms in total. The summed E-state index contributed by atoms with van der Waals surface area (Å²) in [7, 11) is 1.48. The molecule has 0 saturated heterocycles. The van der Waals surface area contributed by atoms with Gasteiger partial charge in [-0.25, -0.2) is 0 Å². The number of amides is 1. The van der Waals surface area contributed by atoms with E-state index in [9.17, 15) is 4.79 Å². The molecule has 1 rings (SSSR count). The van der Waals surface area contributed by atoms with Gasteiger partial charge in [-0.3, -0.25) is 4.79 Å². The summed E-state index contributed by atoms with van der Waals surface area (Å²) in [5.74, 6) is 0.120. The summed E-state index contributed by atoms with van der Waals surface area (Å²) >= 11 is 6.10. The Morgan fingerprint density at radius 3 is 2.90 bits per heavy atom. The van der Waals surface area contributed by atoms with Crippen LogP contribution >= 0.6 is 11.6 Å². The smallest absolute Gasteiger partial charge is 0.255 e. The van der Waals surface area contributed by atoms with Gasteiger partial charge >= 0.3 is 0 Å². The lowest BCUT2D eigenvalue weighted by molar-refractivity contribution is -0.119. The third-order valence-corrected chi connectivity index (χ3v) is 2.67. The predicted molar refractivity (Wildman–Crippen MR) is 74.6 cm³/mol. The number of carbonyl (C=O) groups is 1. The molecule has 1 amide bonds. The summed E-state index contributed by atoms with van der Waals surface area (Å²) < 4.78 is 10.4. The van der Waals surface area contributed by atoms with Crippen molar-refractivity contribution in [3.8, 4) is 17.6 Å². The van der Waals surface area contributed by atoms with Crippen LogP contribution in [0.15, 0.2) is 12.1 Å². The fraction of sp³-hybridized carbons (Fsp3) is 0.385. The number of primary amides is 1. The first kappa shape index (κ1) is 16.1. The maximum atomic E-state index is 10.7. The van der Waals surface area contributed by atoms with E-state index in [1.165, 1.54) is 7.11 Å². The molecule has 0 atom stereocenters. The number of methoxy groups -OCH3 is 1. The summed E-state index contributed by atoms with van der Waals surface area (Å²) in [5.41, 5.74) is 5.91. The van der Waals surface area contributed by atoms with Gasteiger partial charge in [-0.2, -0.15) is 5.26 Å². The zero-order valence-electron chi connectivity index (χ0n) is 11.1. The van der Waals surface area contributed by atoms with E-state index in [0.717, 1.165) is 5.56 Å². The van der Waals surface area contributed by atoms with Crippen LogP contribution in [0.2, 0.25) is 5.02 Å². The van der Waals surface area contributed by atoms with Crippen LogP contribution in [-0.2, 0) is 11.3 Å². The summed E-state index contributed by atoms with van der Waals surface area (Å²) in [6, 6.07) is 5.51. The highest BCUT2D eigenvalue weighted by atomic mass is 35.5. The van der Waals surface area contributed by atoms with Crippen LogP contribution in [0.1, 0.15) is 12.0 Å². The molecule has 0 bridgehead atoms. The summed E-state index contributed by atoms with van der Waals surface area (Å²) in [4.78, 5) is 10.7. The Kier molecular flexibility index (Phi) is 6.64. The van der Waals surface area contributed by atoms with Gasteiger partial charge in [0, 0.05) is 19.5 Å². The number of nitriles is 1. The molecule has 0 spiro atoms. The number of carbonyl (C=O) groups excluding carboxylic acids is 1. The molecule has 1 aromatic carbocycles. The van der Waals surface area contributed by atoms with Crippen LogP contribution in [0, 0.1) is 11.3 Å². The first-order chi connectivity index (χ1) is 9.58. The van der Waals surface area contributed by atoms with Gasteiger partial charge in [-0.05, 0) is 17.7 Å². The molecule has 7 heteroatoms. The summed E-state index contributed by atoms with van der Waals surface area (Å²) in [6.45, 7) is 0.875. The normalized spacial score (nSPS) is 9.85. The minimum Gasteiger partial charge on any atom is -0.493 e. The lowest BCUT2D eigenvalue weighted by atomic mass is 10.2. The molecule has 0 fully saturated rings. The van der Waals surface area contributed by atoms with Crippen LogP contribution in [0.4, 0.5) is 0 Å². The number of rotatable bonds is 8. The van der Waals surface area contributed by atoms with Gasteiger partial charge in [0.1, 0.15) is 0 Å². The molecule has 0 saturated carbocycles. The topological polar surface area (TPSA) is 97.4 Å². The van der Waals surface area contributed by atoms with Crippen molar-refractivity contribution in [2.45, 2.75) is 13.0 Å². The highest BCUT2D eigenvalue weighted by Crippen LogP contribution is 2.36. The van der Waals surface area contributed by atoms with Gasteiger partial charge in [-0.15, -0.1) is 0 Å². The van der Waals surface area contributed by atoms with Crippen molar-refractivity contribution < 1.29 is 14.3 Å². The number of nitrogens with zero attached hydrogens (tertiary/aromatic N) is 1. The van der Waals surface area contributed by atoms with Crippen molar-refractivity contribution in [2.75, 3.05) is 20.3 Å². The van der Waals surface area contributed by atoms with E-state index in [1.807, 2.05) is 6.07 Å². The first-order valence-electron chi connectivity index (χ1n) is 5.93. The third kappa shape index (κ3) is 4.96. The molecule has 1 aromatic rings. The van der Waals surface area contributed by atoms with Crippen LogP contribution in [0.5, 0.6) is 11.5 Å². The SMILES string of the molecule is COc1cc(CNCCC#N)cc(Cl)c1OCC(N)=O. The molecule has 0 unspecified atom stereocenters. The second-order valence-electron chi connectivity index (χ2n) is 3.95. The van der Waals surface area contributed by atoms with E-state index in [0.29, 0.717) is 30.3 Å². The largest absolute Gasteiger partial charge is 0.493 e. The molecule has 0 aliphatic rings. The molecule has 0 aromatic heterocycles. The fourth-order valence-electron chi connectivity index (χ4n) is 1.54. The zero-order chi connectivity index (χ0) is 15.0. The highest BCUT2D eigenvalue weighted by molar-refractivity contribution is 6.32. The molecule has 0 heterocycles. The fourth-order valence-corrected chi connectivity index (χ4v) is 1.82. The van der Waals surface area contributed by atoms with Gasteiger partial charge in [0.05, 0.1) is 18.2 Å². The Bertz CT molecular complexity index is 514. The second kappa shape index (κ2) is 8.25. The Labute approximate surface area is 122 Å². The first-order valence-corrected chi connectivity index (χ1v) is 6.31. The average Bonchev–Trinajstić information content (AvgIpc) is 2.41. The number of halogens is 1. The zero-order valence-corrected chi connectivity index (χ0v) is 11.9. The minimum atomic E-state index is -0.592. The summed E-state index contributed by atoms with van der Waals surface area (Å²) in [5, 5.41) is 11.9. The van der Waals surface area contributed by atoms with E-state index >= 15 is 0 Å². The van der Waals surface area contributed by atoms with E-state index in [-0.39, 0.29) is 12.4 Å². The van der Waals surface area contributed by atoms with Gasteiger partial charge in [0.25, 0.3) is 5.91 Å². The lowest BCUT2D eigenvalue weighted by Gasteiger charge is -2.13. The molecule has 108 valence electrons. The average molecular weight is 298 g/mol. The van der Waals surface area contributed by atoms with Crippen molar-refractivity contribution in [1.82, 2.24) is 5.32 Å². The summed E-state index contributed by atoms with van der Waals surface area (Å²) in [6.07, 6.45) is 0.435. The highest BCUT2D eigenvalue weighted by Gasteiger charge is 2.12. The van der Waals surface area contributed by atoms with Crippen molar-refractivity contribution in [3.05, 3.63) is 22.7 Å². The van der Waals surface area contributed by atoms with Gasteiger partial charge in [0.2, 0.25) is 0 Å². The van der Waals surface area contributed by atoms with E-state index in [2.05, 4.69) is 5.32 Å². The van der Waals surface area contributed by atoms with Crippen LogP contribution in [0.3, 0.4) is 0 Å². The third-order valence-electron chi connectivity index (χ3n) is 2.39. The van der Waals surface area contributed by atoms with Crippen molar-refractivity contribution >= 4 is 17.5 Å². The van der Waals surface area contributed by atoms with Crippen molar-refractivity contribution in [3.63, 3.8) is 0 Å². The number of benzene rings is 1. The van der Waals surface area contributed by atoms with E-state index < -0.39 is 5.91 Å². The molecule has 3 N–H and O–H groups in total. The number of ether oxygens (including phenoxy) is 2. The molecule has 0 aliphatic carbocycles. The Hall–Kier alpha value is -1.97. The molecule has 20 heavy (non-hydrogen) atoms. The monoisotopic (exact) mass is 297 g/mol. The van der Waals surface area contributed by atoms with Crippen molar-refractivity contribution in [1.29, 1.82) is 5.26 Å². The Morgan fingerprint density at radius 2 is 2.30 bits per heavy atom. The molecular weight excluding hydrogens is 282 g/mol. The maximum Gasteiger partial charge on any atom is 0.255 e. The number of nitrogens with two attached hydrogens (primary N) is 1. The van der Waals surface area contributed by atoms with Crippen molar-refractivity contribution in [2.24, 2.45) is 5.73 Å². The quantitative estimate of drug-likeness (QED) is 0.703. The Morgan fingerprint density at radius 1 is 1.55 bits per heavy atom. The predicted octanol–water partition coefficient (Wildman–Crippen LogP) is 1.22.